The van der Waals surface area contributed by atoms with Crippen LogP contribution in [0.15, 0.2) is 36.8 Å². The summed E-state index contributed by atoms with van der Waals surface area (Å²) >= 11 is 0. The van der Waals surface area contributed by atoms with E-state index in [0.717, 1.165) is 25.3 Å². The SMILES string of the molecule is FC(F)(F)C1(c2cn3c(-c4cccc(NC5CCNC5)n4)cnc3cn2)CC1. The lowest BCUT2D eigenvalue weighted by atomic mass is 10.0. The number of hydrogen-bond acceptors (Lipinski definition) is 5. The Bertz CT molecular complexity index is 1020. The third kappa shape index (κ3) is 2.81. The van der Waals surface area contributed by atoms with E-state index in [2.05, 4.69) is 25.6 Å². The van der Waals surface area contributed by atoms with E-state index >= 15 is 0 Å². The van der Waals surface area contributed by atoms with Crippen molar-refractivity contribution in [3.05, 3.63) is 42.5 Å². The summed E-state index contributed by atoms with van der Waals surface area (Å²) in [6, 6.07) is 5.92. The predicted molar refractivity (Wildman–Crippen MR) is 98.1 cm³/mol. The van der Waals surface area contributed by atoms with Gasteiger partial charge in [-0.25, -0.2) is 9.97 Å². The number of nitrogens with one attached hydrogen (secondary N) is 2. The standard InChI is InChI=1S/C19H19F3N6/c20-19(21,22)18(5-6-18)15-11-28-14(9-25-17(28)10-24-15)13-2-1-3-16(27-13)26-12-4-7-23-8-12/h1-3,9-12,23H,4-8H2,(H,26,27). The molecule has 5 rings (SSSR count). The molecule has 4 heterocycles. The molecule has 0 amide bonds. The molecule has 1 aliphatic heterocycles. The molecule has 1 unspecified atom stereocenters. The van der Waals surface area contributed by atoms with Gasteiger partial charge in [-0.05, 0) is 37.9 Å². The maximum absolute atomic E-state index is 13.5. The van der Waals surface area contributed by atoms with Crippen molar-refractivity contribution < 1.29 is 13.2 Å². The molecule has 0 radical (unpaired) electrons. The maximum Gasteiger partial charge on any atom is 0.399 e. The minimum Gasteiger partial charge on any atom is -0.366 e. The molecule has 0 bridgehead atoms. The predicted octanol–water partition coefficient (Wildman–Crippen LogP) is 3.16. The van der Waals surface area contributed by atoms with Gasteiger partial charge in [-0.15, -0.1) is 0 Å². The zero-order chi connectivity index (χ0) is 19.4. The molecular weight excluding hydrogens is 369 g/mol. The third-order valence-corrected chi connectivity index (χ3v) is 5.60. The van der Waals surface area contributed by atoms with Crippen LogP contribution in [0.5, 0.6) is 0 Å². The summed E-state index contributed by atoms with van der Waals surface area (Å²) < 4.78 is 42.1. The van der Waals surface area contributed by atoms with Gasteiger partial charge < -0.3 is 10.6 Å². The Morgan fingerprint density at radius 1 is 1.18 bits per heavy atom. The van der Waals surface area contributed by atoms with Gasteiger partial charge in [-0.1, -0.05) is 6.07 Å². The van der Waals surface area contributed by atoms with Crippen LogP contribution in [0.3, 0.4) is 0 Å². The minimum atomic E-state index is -4.30. The fourth-order valence-electron chi connectivity index (χ4n) is 3.78. The summed E-state index contributed by atoms with van der Waals surface area (Å²) in [5, 5.41) is 6.69. The molecule has 1 aliphatic carbocycles. The van der Waals surface area contributed by atoms with Gasteiger partial charge >= 0.3 is 6.18 Å². The Morgan fingerprint density at radius 2 is 2.04 bits per heavy atom. The summed E-state index contributed by atoms with van der Waals surface area (Å²) in [6.07, 6.45) is 1.36. The lowest BCUT2D eigenvalue weighted by Gasteiger charge is -2.18. The number of fused-ring (bicyclic) bond motifs is 1. The highest BCUT2D eigenvalue weighted by Crippen LogP contribution is 2.58. The Morgan fingerprint density at radius 3 is 2.75 bits per heavy atom. The lowest BCUT2D eigenvalue weighted by Crippen LogP contribution is -2.29. The van der Waals surface area contributed by atoms with Crippen LogP contribution in [0.25, 0.3) is 17.0 Å². The molecule has 3 aromatic heterocycles. The second-order valence-corrected chi connectivity index (χ2v) is 7.47. The van der Waals surface area contributed by atoms with Gasteiger partial charge in [0.15, 0.2) is 5.65 Å². The lowest BCUT2D eigenvalue weighted by molar-refractivity contribution is -0.161. The molecule has 3 aromatic rings. The normalized spacial score (nSPS) is 21.2. The Balaban J connectivity index is 1.52. The monoisotopic (exact) mass is 388 g/mol. The van der Waals surface area contributed by atoms with E-state index in [1.807, 2.05) is 18.2 Å². The third-order valence-electron chi connectivity index (χ3n) is 5.60. The summed E-state index contributed by atoms with van der Waals surface area (Å²) in [7, 11) is 0. The first-order valence-corrected chi connectivity index (χ1v) is 9.31. The van der Waals surface area contributed by atoms with Gasteiger partial charge in [0, 0.05) is 18.8 Å². The zero-order valence-corrected chi connectivity index (χ0v) is 15.0. The number of alkyl halides is 3. The molecule has 28 heavy (non-hydrogen) atoms. The molecule has 0 aromatic carbocycles. The van der Waals surface area contributed by atoms with E-state index in [1.54, 1.807) is 10.6 Å². The highest BCUT2D eigenvalue weighted by molar-refractivity contribution is 5.62. The molecule has 1 saturated heterocycles. The van der Waals surface area contributed by atoms with Crippen molar-refractivity contribution in [2.45, 2.75) is 36.9 Å². The minimum absolute atomic E-state index is 0.0399. The average molecular weight is 388 g/mol. The first kappa shape index (κ1) is 17.4. The smallest absolute Gasteiger partial charge is 0.366 e. The van der Waals surface area contributed by atoms with E-state index in [4.69, 9.17) is 0 Å². The number of hydrogen-bond donors (Lipinski definition) is 2. The molecule has 0 spiro atoms. The van der Waals surface area contributed by atoms with E-state index in [1.165, 1.54) is 12.4 Å². The fraction of sp³-hybridized carbons (Fsp3) is 0.421. The largest absolute Gasteiger partial charge is 0.399 e. The van der Waals surface area contributed by atoms with Gasteiger partial charge in [0.2, 0.25) is 0 Å². The number of halogens is 3. The number of rotatable bonds is 4. The highest BCUT2D eigenvalue weighted by atomic mass is 19.4. The summed E-state index contributed by atoms with van der Waals surface area (Å²) in [5.74, 6) is 0.740. The molecular formula is C19H19F3N6. The first-order chi connectivity index (χ1) is 13.5. The van der Waals surface area contributed by atoms with Gasteiger partial charge in [0.25, 0.3) is 0 Å². The first-order valence-electron chi connectivity index (χ1n) is 9.31. The Labute approximate surface area is 159 Å². The van der Waals surface area contributed by atoms with Crippen molar-refractivity contribution in [2.75, 3.05) is 18.4 Å². The van der Waals surface area contributed by atoms with Crippen molar-refractivity contribution in [1.29, 1.82) is 0 Å². The topological polar surface area (TPSA) is 67.1 Å². The van der Waals surface area contributed by atoms with E-state index in [0.29, 0.717) is 23.1 Å². The fourth-order valence-corrected chi connectivity index (χ4v) is 3.78. The van der Waals surface area contributed by atoms with Gasteiger partial charge in [-0.2, -0.15) is 13.2 Å². The van der Waals surface area contributed by atoms with Gasteiger partial charge in [0.05, 0.1) is 29.5 Å². The average Bonchev–Trinajstić information content (AvgIpc) is 3.16. The second-order valence-electron chi connectivity index (χ2n) is 7.47. The number of pyridine rings is 1. The van der Waals surface area contributed by atoms with Crippen LogP contribution in [0.2, 0.25) is 0 Å². The number of aromatic nitrogens is 4. The molecule has 2 fully saturated rings. The maximum atomic E-state index is 13.5. The van der Waals surface area contributed by atoms with Crippen LogP contribution in [0, 0.1) is 0 Å². The highest BCUT2D eigenvalue weighted by Gasteiger charge is 2.65. The summed E-state index contributed by atoms with van der Waals surface area (Å²) in [6.45, 7) is 1.86. The quantitative estimate of drug-likeness (QED) is 0.719. The van der Waals surface area contributed by atoms with Crippen LogP contribution in [0.1, 0.15) is 25.0 Å². The summed E-state index contributed by atoms with van der Waals surface area (Å²) in [5.41, 5.74) is 0.00639. The molecule has 2 N–H and O–H groups in total. The summed E-state index contributed by atoms with van der Waals surface area (Å²) in [4.78, 5) is 13.0. The zero-order valence-electron chi connectivity index (χ0n) is 15.0. The molecule has 2 aliphatic rings. The molecule has 9 heteroatoms. The van der Waals surface area contributed by atoms with Crippen molar-refractivity contribution in [2.24, 2.45) is 0 Å². The number of anilines is 1. The number of imidazole rings is 1. The van der Waals surface area contributed by atoms with Crippen LogP contribution in [0.4, 0.5) is 19.0 Å². The molecule has 6 nitrogen and oxygen atoms in total. The van der Waals surface area contributed by atoms with Crippen LogP contribution in [-0.4, -0.2) is 44.7 Å². The Hall–Kier alpha value is -2.68. The molecule has 146 valence electrons. The van der Waals surface area contributed by atoms with E-state index in [-0.39, 0.29) is 18.5 Å². The van der Waals surface area contributed by atoms with Crippen molar-refractivity contribution >= 4 is 11.5 Å². The molecule has 1 saturated carbocycles. The van der Waals surface area contributed by atoms with E-state index < -0.39 is 11.6 Å². The van der Waals surface area contributed by atoms with Crippen molar-refractivity contribution in [3.8, 4) is 11.4 Å². The van der Waals surface area contributed by atoms with Gasteiger partial charge in [-0.3, -0.25) is 9.38 Å². The van der Waals surface area contributed by atoms with Crippen LogP contribution < -0.4 is 10.6 Å². The number of nitrogens with zero attached hydrogens (tertiary/aromatic N) is 4. The second kappa shape index (κ2) is 6.16. The Kier molecular flexibility index (Phi) is 3.84. The van der Waals surface area contributed by atoms with Crippen LogP contribution in [-0.2, 0) is 5.41 Å². The van der Waals surface area contributed by atoms with E-state index in [9.17, 15) is 13.2 Å². The van der Waals surface area contributed by atoms with Crippen molar-refractivity contribution in [1.82, 2.24) is 24.7 Å². The molecule has 1 atom stereocenters. The van der Waals surface area contributed by atoms with Gasteiger partial charge in [0.1, 0.15) is 11.2 Å². The van der Waals surface area contributed by atoms with Crippen molar-refractivity contribution in [3.63, 3.8) is 0 Å². The van der Waals surface area contributed by atoms with Crippen LogP contribution >= 0.6 is 0 Å².